The molecule has 0 saturated heterocycles. The van der Waals surface area contributed by atoms with E-state index in [2.05, 4.69) is 26.1 Å². The maximum Gasteiger partial charge on any atom is 0.269 e. The molecule has 0 spiro atoms. The fraction of sp³-hybridized carbons (Fsp3) is 1.00. The molecule has 4 nitrogen and oxygen atoms in total. The number of hydrogen-bond donors (Lipinski definition) is 2. The van der Waals surface area contributed by atoms with Crippen LogP contribution in [0.15, 0.2) is 0 Å². The first-order chi connectivity index (χ1) is 8.14. The monoisotopic (exact) mass is 277 g/mol. The Bertz CT molecular complexity index is 364. The van der Waals surface area contributed by atoms with Crippen LogP contribution in [-0.2, 0) is 10.1 Å². The van der Waals surface area contributed by atoms with E-state index in [4.69, 9.17) is 4.55 Å². The van der Waals surface area contributed by atoms with Crippen LogP contribution in [0.3, 0.4) is 0 Å². The van der Waals surface area contributed by atoms with Crippen LogP contribution in [0.4, 0.5) is 0 Å². The predicted molar refractivity (Wildman–Crippen MR) is 74.2 cm³/mol. The van der Waals surface area contributed by atoms with E-state index >= 15 is 0 Å². The van der Waals surface area contributed by atoms with Crippen LogP contribution >= 0.6 is 0 Å². The lowest BCUT2D eigenvalue weighted by Gasteiger charge is -2.39. The molecule has 0 heterocycles. The van der Waals surface area contributed by atoms with Gasteiger partial charge in [-0.05, 0) is 37.0 Å². The molecule has 0 aromatic carbocycles. The molecule has 5 heteroatoms. The molecule has 0 amide bonds. The van der Waals surface area contributed by atoms with Crippen molar-refractivity contribution in [3.8, 4) is 0 Å². The molecule has 0 bridgehead atoms. The van der Waals surface area contributed by atoms with Crippen LogP contribution in [-0.4, -0.2) is 30.8 Å². The second kappa shape index (κ2) is 5.88. The molecule has 108 valence electrons. The molecule has 18 heavy (non-hydrogen) atoms. The standard InChI is InChI=1S/C13H27NO3S/c1-5-12(18(15,16)17)9-14-11-6-10(2)7-13(3,4)8-11/h10-12,14H,5-9H2,1-4H3,(H,15,16,17). The highest BCUT2D eigenvalue weighted by atomic mass is 32.2. The first kappa shape index (κ1) is 15.9. The smallest absolute Gasteiger partial charge is 0.269 e. The molecule has 0 radical (unpaired) electrons. The number of rotatable bonds is 5. The molecule has 3 atom stereocenters. The zero-order valence-corrected chi connectivity index (χ0v) is 12.8. The minimum Gasteiger partial charge on any atom is -0.313 e. The molecule has 1 rings (SSSR count). The van der Waals surface area contributed by atoms with E-state index in [0.29, 0.717) is 30.3 Å². The highest BCUT2D eigenvalue weighted by molar-refractivity contribution is 7.86. The minimum absolute atomic E-state index is 0.315. The highest BCUT2D eigenvalue weighted by Gasteiger charge is 2.32. The summed E-state index contributed by atoms with van der Waals surface area (Å²) < 4.78 is 31.4. The van der Waals surface area contributed by atoms with Crippen molar-refractivity contribution in [1.82, 2.24) is 5.32 Å². The van der Waals surface area contributed by atoms with Crippen molar-refractivity contribution in [2.24, 2.45) is 11.3 Å². The van der Waals surface area contributed by atoms with Gasteiger partial charge in [0.15, 0.2) is 0 Å². The van der Waals surface area contributed by atoms with Gasteiger partial charge >= 0.3 is 0 Å². The molecule has 0 aliphatic heterocycles. The minimum atomic E-state index is -3.92. The van der Waals surface area contributed by atoms with Crippen LogP contribution in [0, 0.1) is 11.3 Å². The Balaban J connectivity index is 2.53. The molecule has 0 aromatic rings. The third-order valence-corrected chi connectivity index (χ3v) is 5.24. The van der Waals surface area contributed by atoms with Crippen LogP contribution in [0.5, 0.6) is 0 Å². The molecule has 1 fully saturated rings. The lowest BCUT2D eigenvalue weighted by molar-refractivity contribution is 0.151. The van der Waals surface area contributed by atoms with Crippen LogP contribution in [0.2, 0.25) is 0 Å². The average Bonchev–Trinajstić information content (AvgIpc) is 2.12. The van der Waals surface area contributed by atoms with Gasteiger partial charge in [0, 0.05) is 12.6 Å². The maximum atomic E-state index is 11.1. The third-order valence-electron chi connectivity index (χ3n) is 3.90. The Hall–Kier alpha value is -0.130. The molecule has 0 aromatic heterocycles. The van der Waals surface area contributed by atoms with Crippen molar-refractivity contribution in [1.29, 1.82) is 0 Å². The Morgan fingerprint density at radius 3 is 2.44 bits per heavy atom. The summed E-state index contributed by atoms with van der Waals surface area (Å²) in [7, 11) is -3.92. The maximum absolute atomic E-state index is 11.1. The molecular weight excluding hydrogens is 250 g/mol. The van der Waals surface area contributed by atoms with Crippen LogP contribution in [0.1, 0.15) is 53.4 Å². The van der Waals surface area contributed by atoms with Gasteiger partial charge in [-0.2, -0.15) is 8.42 Å². The molecule has 2 N–H and O–H groups in total. The topological polar surface area (TPSA) is 66.4 Å². The van der Waals surface area contributed by atoms with E-state index in [1.165, 1.54) is 6.42 Å². The first-order valence-electron chi connectivity index (χ1n) is 6.83. The molecule has 3 unspecified atom stereocenters. The summed E-state index contributed by atoms with van der Waals surface area (Å²) in [5.41, 5.74) is 0.315. The van der Waals surface area contributed by atoms with E-state index < -0.39 is 15.4 Å². The zero-order valence-electron chi connectivity index (χ0n) is 11.9. The van der Waals surface area contributed by atoms with Crippen LogP contribution in [0.25, 0.3) is 0 Å². The van der Waals surface area contributed by atoms with Gasteiger partial charge in [-0.1, -0.05) is 27.7 Å². The lowest BCUT2D eigenvalue weighted by atomic mass is 9.70. The quantitative estimate of drug-likeness (QED) is 0.758. The fourth-order valence-electron chi connectivity index (χ4n) is 3.26. The van der Waals surface area contributed by atoms with Crippen molar-refractivity contribution in [3.05, 3.63) is 0 Å². The number of nitrogens with one attached hydrogen (secondary N) is 1. The molecule has 1 saturated carbocycles. The Morgan fingerprint density at radius 1 is 1.39 bits per heavy atom. The highest BCUT2D eigenvalue weighted by Crippen LogP contribution is 2.38. The summed E-state index contributed by atoms with van der Waals surface area (Å²) in [6.07, 6.45) is 3.82. The Morgan fingerprint density at radius 2 is 2.00 bits per heavy atom. The Labute approximate surface area is 111 Å². The van der Waals surface area contributed by atoms with Crippen molar-refractivity contribution in [3.63, 3.8) is 0 Å². The second-order valence-electron chi connectivity index (χ2n) is 6.56. The molecular formula is C13H27NO3S. The van der Waals surface area contributed by atoms with E-state index in [0.717, 1.165) is 12.8 Å². The van der Waals surface area contributed by atoms with Gasteiger partial charge in [0.05, 0.1) is 5.25 Å². The SMILES string of the molecule is CCC(CNC1CC(C)CC(C)(C)C1)S(=O)(=O)O. The van der Waals surface area contributed by atoms with E-state index in [9.17, 15) is 8.42 Å². The van der Waals surface area contributed by atoms with Gasteiger partial charge in [0.1, 0.15) is 0 Å². The Kier molecular flexibility index (Phi) is 5.21. The van der Waals surface area contributed by atoms with Crippen LogP contribution < -0.4 is 5.32 Å². The van der Waals surface area contributed by atoms with E-state index in [1.807, 2.05) is 0 Å². The van der Waals surface area contributed by atoms with Crippen molar-refractivity contribution in [2.75, 3.05) is 6.54 Å². The van der Waals surface area contributed by atoms with Gasteiger partial charge in [0.2, 0.25) is 0 Å². The average molecular weight is 277 g/mol. The van der Waals surface area contributed by atoms with Crippen molar-refractivity contribution < 1.29 is 13.0 Å². The third kappa shape index (κ3) is 4.86. The zero-order chi connectivity index (χ0) is 14.0. The van der Waals surface area contributed by atoms with Gasteiger partial charge < -0.3 is 5.32 Å². The van der Waals surface area contributed by atoms with Gasteiger partial charge in [0.25, 0.3) is 10.1 Å². The summed E-state index contributed by atoms with van der Waals surface area (Å²) in [5.74, 6) is 0.664. The first-order valence-corrected chi connectivity index (χ1v) is 8.34. The summed E-state index contributed by atoms with van der Waals surface area (Å²) >= 11 is 0. The van der Waals surface area contributed by atoms with E-state index in [-0.39, 0.29) is 0 Å². The summed E-state index contributed by atoms with van der Waals surface area (Å²) in [4.78, 5) is 0. The molecule has 1 aliphatic carbocycles. The van der Waals surface area contributed by atoms with Crippen molar-refractivity contribution in [2.45, 2.75) is 64.7 Å². The van der Waals surface area contributed by atoms with E-state index in [1.54, 1.807) is 6.92 Å². The summed E-state index contributed by atoms with van der Waals surface area (Å²) in [6, 6.07) is 0.361. The van der Waals surface area contributed by atoms with Crippen molar-refractivity contribution >= 4 is 10.1 Å². The largest absolute Gasteiger partial charge is 0.313 e. The fourth-order valence-corrected chi connectivity index (χ4v) is 3.99. The molecule has 1 aliphatic rings. The van der Waals surface area contributed by atoms with Gasteiger partial charge in [-0.15, -0.1) is 0 Å². The lowest BCUT2D eigenvalue weighted by Crippen LogP contribution is -2.44. The predicted octanol–water partition coefficient (Wildman–Crippen LogP) is 2.46. The summed E-state index contributed by atoms with van der Waals surface area (Å²) in [5, 5.41) is 2.64. The second-order valence-corrected chi connectivity index (χ2v) is 8.26. The van der Waals surface area contributed by atoms with Gasteiger partial charge in [-0.3, -0.25) is 4.55 Å². The van der Waals surface area contributed by atoms with Gasteiger partial charge in [-0.25, -0.2) is 0 Å². The number of hydrogen-bond acceptors (Lipinski definition) is 3. The normalized spacial score (nSPS) is 30.1. The summed E-state index contributed by atoms with van der Waals surface area (Å²) in [6.45, 7) is 8.90.